The minimum atomic E-state index is -1.26. The van der Waals surface area contributed by atoms with E-state index in [1.165, 1.54) is 7.11 Å². The molecule has 0 radical (unpaired) electrons. The maximum atomic E-state index is 12.0. The highest BCUT2D eigenvalue weighted by Crippen LogP contribution is 2.55. The van der Waals surface area contributed by atoms with Crippen LogP contribution >= 0.6 is 10.2 Å². The van der Waals surface area contributed by atoms with Crippen LogP contribution in [0.5, 0.6) is 0 Å². The average Bonchev–Trinajstić information content (AvgIpc) is 2.87. The zero-order chi connectivity index (χ0) is 17.4. The number of nitriles is 1. The lowest BCUT2D eigenvalue weighted by molar-refractivity contribution is -0.140. The van der Waals surface area contributed by atoms with Crippen molar-refractivity contribution in [2.75, 3.05) is 19.6 Å². The van der Waals surface area contributed by atoms with Gasteiger partial charge in [0.25, 0.3) is 0 Å². The van der Waals surface area contributed by atoms with E-state index in [1.807, 2.05) is 18.3 Å². The summed E-state index contributed by atoms with van der Waals surface area (Å²) in [5.74, 6) is -1.48. The number of hydrogen-bond donors (Lipinski definition) is 0. The summed E-state index contributed by atoms with van der Waals surface area (Å²) in [6, 6.07) is 5.78. The number of hydrogen-bond acceptors (Lipinski definition) is 4. The van der Waals surface area contributed by atoms with Gasteiger partial charge in [0.2, 0.25) is 0 Å². The number of carbonyl (C=O) groups is 1. The summed E-state index contributed by atoms with van der Waals surface area (Å²) in [6.45, 7) is 6.58. The number of methoxy groups -OCH3 is 1. The molecule has 0 spiro atoms. The SMILES string of the molecule is COC(=O)C(C#N)c1cn(S(C)(C)C(C)(C)C)c2ncccc12. The van der Waals surface area contributed by atoms with Crippen LogP contribution in [0, 0.1) is 11.3 Å². The third-order valence-electron chi connectivity index (χ3n) is 4.43. The fourth-order valence-electron chi connectivity index (χ4n) is 2.30. The third kappa shape index (κ3) is 2.81. The van der Waals surface area contributed by atoms with E-state index >= 15 is 0 Å². The van der Waals surface area contributed by atoms with E-state index in [9.17, 15) is 10.1 Å². The fourth-order valence-corrected chi connectivity index (χ4v) is 3.84. The molecule has 0 saturated carbocycles. The third-order valence-corrected chi connectivity index (χ3v) is 8.69. The van der Waals surface area contributed by atoms with Gasteiger partial charge in [-0.05, 0) is 24.6 Å². The Balaban J connectivity index is 2.77. The first kappa shape index (κ1) is 17.4. The van der Waals surface area contributed by atoms with Gasteiger partial charge >= 0.3 is 5.97 Å². The van der Waals surface area contributed by atoms with Crippen LogP contribution in [-0.2, 0) is 9.53 Å². The van der Waals surface area contributed by atoms with E-state index in [0.29, 0.717) is 5.56 Å². The number of pyridine rings is 1. The molecule has 2 heterocycles. The van der Waals surface area contributed by atoms with Crippen LogP contribution in [0.15, 0.2) is 24.5 Å². The topological polar surface area (TPSA) is 67.9 Å². The summed E-state index contributed by atoms with van der Waals surface area (Å²) in [5, 5.41) is 10.3. The van der Waals surface area contributed by atoms with Gasteiger partial charge in [0.1, 0.15) is 5.65 Å². The van der Waals surface area contributed by atoms with Gasteiger partial charge in [0, 0.05) is 28.1 Å². The van der Waals surface area contributed by atoms with E-state index in [-0.39, 0.29) is 4.75 Å². The average molecular weight is 333 g/mol. The van der Waals surface area contributed by atoms with Crippen molar-refractivity contribution in [3.8, 4) is 6.07 Å². The molecule has 23 heavy (non-hydrogen) atoms. The summed E-state index contributed by atoms with van der Waals surface area (Å²) in [4.78, 5) is 16.5. The van der Waals surface area contributed by atoms with Crippen molar-refractivity contribution in [1.29, 1.82) is 5.26 Å². The van der Waals surface area contributed by atoms with Crippen LogP contribution in [0.1, 0.15) is 32.3 Å². The number of ether oxygens (including phenoxy) is 1. The fraction of sp³-hybridized carbons (Fsp3) is 0.471. The van der Waals surface area contributed by atoms with Crippen LogP contribution < -0.4 is 0 Å². The molecule has 0 fully saturated rings. The number of rotatable bonds is 3. The van der Waals surface area contributed by atoms with Crippen molar-refractivity contribution in [2.24, 2.45) is 0 Å². The van der Waals surface area contributed by atoms with Gasteiger partial charge in [0.05, 0.1) is 13.2 Å². The van der Waals surface area contributed by atoms with Crippen molar-refractivity contribution < 1.29 is 9.53 Å². The predicted molar refractivity (Wildman–Crippen MR) is 94.7 cm³/mol. The molecule has 5 nitrogen and oxygen atoms in total. The molecular formula is C17H23N3O2S. The second-order valence-electron chi connectivity index (χ2n) is 6.76. The summed E-state index contributed by atoms with van der Waals surface area (Å²) in [7, 11) is 0.0363. The molecule has 124 valence electrons. The van der Waals surface area contributed by atoms with E-state index < -0.39 is 22.1 Å². The Hall–Kier alpha value is -2.00. The van der Waals surface area contributed by atoms with Crippen molar-refractivity contribution in [2.45, 2.75) is 31.4 Å². The second kappa shape index (κ2) is 5.89. The lowest BCUT2D eigenvalue weighted by Crippen LogP contribution is -2.28. The van der Waals surface area contributed by atoms with Gasteiger partial charge in [-0.25, -0.2) is 4.98 Å². The van der Waals surface area contributed by atoms with Crippen molar-refractivity contribution in [3.05, 3.63) is 30.1 Å². The molecule has 2 rings (SSSR count). The first-order valence-corrected chi connectivity index (χ1v) is 9.72. The minimum absolute atomic E-state index is 0.0428. The van der Waals surface area contributed by atoms with Gasteiger partial charge in [-0.2, -0.15) is 15.5 Å². The van der Waals surface area contributed by atoms with Crippen molar-refractivity contribution in [1.82, 2.24) is 8.96 Å². The number of aromatic nitrogens is 2. The Kier molecular flexibility index (Phi) is 4.45. The largest absolute Gasteiger partial charge is 0.468 e. The van der Waals surface area contributed by atoms with Gasteiger partial charge in [-0.1, -0.05) is 20.8 Å². The molecule has 0 N–H and O–H groups in total. The first-order valence-electron chi connectivity index (χ1n) is 7.32. The highest BCUT2D eigenvalue weighted by molar-refractivity contribution is 8.32. The molecule has 6 heteroatoms. The molecule has 0 saturated heterocycles. The first-order chi connectivity index (χ1) is 10.6. The predicted octanol–water partition coefficient (Wildman–Crippen LogP) is 3.44. The van der Waals surface area contributed by atoms with E-state index in [1.54, 1.807) is 6.20 Å². The van der Waals surface area contributed by atoms with Crippen LogP contribution in [0.2, 0.25) is 0 Å². The lowest BCUT2D eigenvalue weighted by Gasteiger charge is -2.45. The Morgan fingerprint density at radius 3 is 2.61 bits per heavy atom. The molecule has 1 atom stereocenters. The molecule has 2 aromatic heterocycles. The summed E-state index contributed by atoms with van der Waals surface area (Å²) in [6.07, 6.45) is 8.07. The minimum Gasteiger partial charge on any atom is -0.468 e. The van der Waals surface area contributed by atoms with Crippen LogP contribution in [0.25, 0.3) is 11.0 Å². The molecule has 0 amide bonds. The smallest absolute Gasteiger partial charge is 0.327 e. The summed E-state index contributed by atoms with van der Waals surface area (Å²) >= 11 is 0. The van der Waals surface area contributed by atoms with Crippen molar-refractivity contribution >= 4 is 27.2 Å². The maximum Gasteiger partial charge on any atom is 0.327 e. The summed E-state index contributed by atoms with van der Waals surface area (Å²) in [5.41, 5.74) is 1.47. The molecule has 2 aromatic rings. The zero-order valence-corrected chi connectivity index (χ0v) is 15.3. The summed E-state index contributed by atoms with van der Waals surface area (Å²) < 4.78 is 6.97. The molecule has 0 aliphatic heterocycles. The van der Waals surface area contributed by atoms with E-state index in [2.05, 4.69) is 48.3 Å². The maximum absolute atomic E-state index is 12.0. The monoisotopic (exact) mass is 333 g/mol. The molecule has 0 aliphatic rings. The molecule has 1 unspecified atom stereocenters. The number of nitrogens with zero attached hydrogens (tertiary/aromatic N) is 3. The Morgan fingerprint density at radius 1 is 1.43 bits per heavy atom. The molecule has 0 bridgehead atoms. The van der Waals surface area contributed by atoms with Crippen LogP contribution in [0.4, 0.5) is 0 Å². The lowest BCUT2D eigenvalue weighted by atomic mass is 10.0. The van der Waals surface area contributed by atoms with Crippen LogP contribution in [0.3, 0.4) is 0 Å². The number of esters is 1. The normalized spacial score (nSPS) is 14.3. The Morgan fingerprint density at radius 2 is 2.09 bits per heavy atom. The quantitative estimate of drug-likeness (QED) is 0.807. The van der Waals surface area contributed by atoms with E-state index in [4.69, 9.17) is 4.74 Å². The standard InChI is InChI=1S/C17H23N3O2S/c1-17(2,3)23(5,6)20-11-14(13(10-18)16(21)22-4)12-8-7-9-19-15(12)20/h7-9,11,13H,1-6H3. The Labute approximate surface area is 138 Å². The van der Waals surface area contributed by atoms with Gasteiger partial charge in [0.15, 0.2) is 5.92 Å². The van der Waals surface area contributed by atoms with Gasteiger partial charge < -0.3 is 4.74 Å². The van der Waals surface area contributed by atoms with Crippen LogP contribution in [-0.4, -0.2) is 39.3 Å². The van der Waals surface area contributed by atoms with Gasteiger partial charge in [-0.15, -0.1) is 0 Å². The van der Waals surface area contributed by atoms with E-state index in [0.717, 1.165) is 11.0 Å². The zero-order valence-electron chi connectivity index (χ0n) is 14.5. The molecule has 0 aromatic carbocycles. The van der Waals surface area contributed by atoms with Gasteiger partial charge in [-0.3, -0.25) is 8.77 Å². The molecule has 0 aliphatic carbocycles. The highest BCUT2D eigenvalue weighted by Gasteiger charge is 2.33. The highest BCUT2D eigenvalue weighted by atomic mass is 32.3. The second-order valence-corrected chi connectivity index (χ2v) is 10.9. The number of carbonyl (C=O) groups excluding carboxylic acids is 1. The Bertz CT molecular complexity index is 781. The molecular weight excluding hydrogens is 310 g/mol. The van der Waals surface area contributed by atoms with Crippen molar-refractivity contribution in [3.63, 3.8) is 0 Å². The number of fused-ring (bicyclic) bond motifs is 1.